The zero-order chi connectivity index (χ0) is 23.5. The first kappa shape index (κ1) is 22.7. The van der Waals surface area contributed by atoms with Crippen LogP contribution in [0.25, 0.3) is 22.2 Å². The summed E-state index contributed by atoms with van der Waals surface area (Å²) < 4.78 is 8.74. The average Bonchev–Trinajstić information content (AvgIpc) is 3.17. The summed E-state index contributed by atoms with van der Waals surface area (Å²) in [4.78, 5) is 29.1. The Bertz CT molecular complexity index is 1400. The van der Waals surface area contributed by atoms with E-state index in [0.29, 0.717) is 60.9 Å². The maximum Gasteiger partial charge on any atom is 0.276 e. The van der Waals surface area contributed by atoms with E-state index >= 15 is 0 Å². The minimum absolute atomic E-state index is 0.138. The predicted octanol–water partition coefficient (Wildman–Crippen LogP) is 3.39. The van der Waals surface area contributed by atoms with E-state index in [9.17, 15) is 9.59 Å². The van der Waals surface area contributed by atoms with Gasteiger partial charge in [-0.1, -0.05) is 54.1 Å². The summed E-state index contributed by atoms with van der Waals surface area (Å²) in [7, 11) is 0. The highest BCUT2D eigenvalue weighted by molar-refractivity contribution is 6.30. The number of ether oxygens (including phenoxy) is 1. The number of H-pyrrole nitrogens is 1. The van der Waals surface area contributed by atoms with Gasteiger partial charge in [-0.05, 0) is 24.1 Å². The molecular weight excluding hydrogens is 452 g/mol. The van der Waals surface area contributed by atoms with Gasteiger partial charge in [0.1, 0.15) is 0 Å². The molecule has 5 rings (SSSR count). The van der Waals surface area contributed by atoms with Crippen molar-refractivity contribution in [1.82, 2.24) is 19.2 Å². The maximum atomic E-state index is 13.6. The van der Waals surface area contributed by atoms with E-state index in [1.165, 1.54) is 6.07 Å². The van der Waals surface area contributed by atoms with E-state index in [2.05, 4.69) is 10.00 Å². The number of aromatic nitrogens is 3. The van der Waals surface area contributed by atoms with E-state index in [4.69, 9.17) is 16.3 Å². The third kappa shape index (κ3) is 4.73. The molecule has 4 aromatic rings. The number of morpholine rings is 1. The molecular formula is C26H27ClN4O3. The molecule has 34 heavy (non-hydrogen) atoms. The normalized spacial score (nSPS) is 14.6. The van der Waals surface area contributed by atoms with Crippen LogP contribution in [0.3, 0.4) is 0 Å². The number of hydrogen-bond donors (Lipinski definition) is 1. The number of aryl methyl sites for hydroxylation is 2. The lowest BCUT2D eigenvalue weighted by molar-refractivity contribution is 0.0363. The highest BCUT2D eigenvalue weighted by Gasteiger charge is 2.20. The van der Waals surface area contributed by atoms with Crippen LogP contribution in [-0.2, 0) is 24.2 Å². The van der Waals surface area contributed by atoms with Crippen molar-refractivity contribution in [2.75, 3.05) is 32.8 Å². The second kappa shape index (κ2) is 10.0. The molecule has 0 saturated carbocycles. The van der Waals surface area contributed by atoms with Gasteiger partial charge in [0.05, 0.1) is 29.8 Å². The first-order valence-electron chi connectivity index (χ1n) is 11.6. The zero-order valence-corrected chi connectivity index (χ0v) is 19.6. The highest BCUT2D eigenvalue weighted by Crippen LogP contribution is 2.27. The number of nitrogens with one attached hydrogen (secondary N) is 1. The topological polar surface area (TPSA) is 72.3 Å². The SMILES string of the molecule is O=c1c2c(-c3cccc(Cl)c3)n(CCN3CCOCC3)c(=O)cc2[nH]n1CCc1ccccc1. The monoisotopic (exact) mass is 478 g/mol. The summed E-state index contributed by atoms with van der Waals surface area (Å²) in [5, 5.41) is 4.23. The van der Waals surface area contributed by atoms with Gasteiger partial charge in [-0.15, -0.1) is 0 Å². The van der Waals surface area contributed by atoms with E-state index in [-0.39, 0.29) is 11.1 Å². The van der Waals surface area contributed by atoms with Crippen molar-refractivity contribution < 1.29 is 4.74 Å². The number of nitrogens with zero attached hydrogens (tertiary/aromatic N) is 3. The lowest BCUT2D eigenvalue weighted by Gasteiger charge is -2.27. The molecule has 2 aromatic carbocycles. The molecule has 0 aliphatic carbocycles. The second-order valence-electron chi connectivity index (χ2n) is 8.54. The van der Waals surface area contributed by atoms with Crippen molar-refractivity contribution in [3.8, 4) is 11.3 Å². The lowest BCUT2D eigenvalue weighted by Crippen LogP contribution is -2.39. The number of hydrogen-bond acceptors (Lipinski definition) is 4. The molecule has 1 fully saturated rings. The first-order valence-corrected chi connectivity index (χ1v) is 11.9. The van der Waals surface area contributed by atoms with Crippen LogP contribution >= 0.6 is 11.6 Å². The number of halogens is 1. The molecule has 0 amide bonds. The van der Waals surface area contributed by atoms with Gasteiger partial charge in [-0.2, -0.15) is 0 Å². The van der Waals surface area contributed by atoms with Gasteiger partial charge in [0.15, 0.2) is 0 Å². The number of pyridine rings is 1. The Hall–Kier alpha value is -3.13. The molecule has 0 spiro atoms. The van der Waals surface area contributed by atoms with Gasteiger partial charge in [0.25, 0.3) is 11.1 Å². The van der Waals surface area contributed by atoms with Gasteiger partial charge in [-0.25, -0.2) is 0 Å². The summed E-state index contributed by atoms with van der Waals surface area (Å²) in [5.41, 5.74) is 2.77. The van der Waals surface area contributed by atoms with Crippen molar-refractivity contribution in [3.63, 3.8) is 0 Å². The largest absolute Gasteiger partial charge is 0.379 e. The molecule has 1 aliphatic rings. The molecule has 3 heterocycles. The van der Waals surface area contributed by atoms with E-state index in [1.807, 2.05) is 48.5 Å². The summed E-state index contributed by atoms with van der Waals surface area (Å²) >= 11 is 6.30. The van der Waals surface area contributed by atoms with E-state index in [1.54, 1.807) is 15.3 Å². The average molecular weight is 479 g/mol. The number of benzene rings is 2. The smallest absolute Gasteiger partial charge is 0.276 e. The molecule has 176 valence electrons. The standard InChI is InChI=1S/C26H27ClN4O3/c27-21-8-4-7-20(17-21)25-24-22(18-23(32)30(25)12-11-29-13-15-34-16-14-29)28-31(26(24)33)10-9-19-5-2-1-3-6-19/h1-8,17-18,28H,9-16H2. The molecule has 1 N–H and O–H groups in total. The summed E-state index contributed by atoms with van der Waals surface area (Å²) in [5.74, 6) is 0. The Balaban J connectivity index is 1.58. The van der Waals surface area contributed by atoms with Crippen molar-refractivity contribution in [2.45, 2.75) is 19.5 Å². The lowest BCUT2D eigenvalue weighted by atomic mass is 10.1. The van der Waals surface area contributed by atoms with E-state index < -0.39 is 0 Å². The third-order valence-corrected chi connectivity index (χ3v) is 6.57. The second-order valence-corrected chi connectivity index (χ2v) is 8.98. The van der Waals surface area contributed by atoms with Gasteiger partial charge >= 0.3 is 0 Å². The fraction of sp³-hybridized carbons (Fsp3) is 0.308. The van der Waals surface area contributed by atoms with Gasteiger partial charge in [0, 0.05) is 49.4 Å². The molecule has 8 heteroatoms. The first-order chi connectivity index (χ1) is 16.6. The quantitative estimate of drug-likeness (QED) is 0.442. The van der Waals surface area contributed by atoms with Crippen LogP contribution in [0.5, 0.6) is 0 Å². The zero-order valence-electron chi connectivity index (χ0n) is 18.9. The molecule has 1 aliphatic heterocycles. The molecule has 7 nitrogen and oxygen atoms in total. The molecule has 0 bridgehead atoms. The van der Waals surface area contributed by atoms with Crippen LogP contribution in [0.1, 0.15) is 5.56 Å². The molecule has 1 saturated heterocycles. The minimum Gasteiger partial charge on any atom is -0.379 e. The molecule has 2 aromatic heterocycles. The summed E-state index contributed by atoms with van der Waals surface area (Å²) in [6.07, 6.45) is 0.710. The van der Waals surface area contributed by atoms with Crippen LogP contribution < -0.4 is 11.1 Å². The molecule has 0 atom stereocenters. The Labute approximate surface area is 202 Å². The minimum atomic E-state index is -0.146. The van der Waals surface area contributed by atoms with Crippen LogP contribution in [-0.4, -0.2) is 52.1 Å². The molecule has 0 radical (unpaired) electrons. The fourth-order valence-electron chi connectivity index (χ4n) is 4.55. The van der Waals surface area contributed by atoms with Gasteiger partial charge in [0.2, 0.25) is 0 Å². The van der Waals surface area contributed by atoms with Crippen LogP contribution in [0.15, 0.2) is 70.3 Å². The Morgan fingerprint density at radius 3 is 2.47 bits per heavy atom. The van der Waals surface area contributed by atoms with Gasteiger partial charge in [-0.3, -0.25) is 24.3 Å². The van der Waals surface area contributed by atoms with Crippen LogP contribution in [0.4, 0.5) is 0 Å². The Kier molecular flexibility index (Phi) is 6.67. The Morgan fingerprint density at radius 2 is 1.71 bits per heavy atom. The predicted molar refractivity (Wildman–Crippen MR) is 135 cm³/mol. The summed E-state index contributed by atoms with van der Waals surface area (Å²) in [6.45, 7) is 4.73. The van der Waals surface area contributed by atoms with Crippen molar-refractivity contribution in [2.24, 2.45) is 0 Å². The van der Waals surface area contributed by atoms with E-state index in [0.717, 1.165) is 24.2 Å². The highest BCUT2D eigenvalue weighted by atomic mass is 35.5. The number of aromatic amines is 1. The fourth-order valence-corrected chi connectivity index (χ4v) is 4.74. The van der Waals surface area contributed by atoms with Crippen molar-refractivity contribution in [1.29, 1.82) is 0 Å². The number of rotatable bonds is 7. The van der Waals surface area contributed by atoms with Crippen LogP contribution in [0.2, 0.25) is 5.02 Å². The molecule has 0 unspecified atom stereocenters. The number of fused-ring (bicyclic) bond motifs is 1. The van der Waals surface area contributed by atoms with Gasteiger partial charge < -0.3 is 9.30 Å². The Morgan fingerprint density at radius 1 is 0.912 bits per heavy atom. The van der Waals surface area contributed by atoms with Crippen molar-refractivity contribution in [3.05, 3.63) is 92.0 Å². The van der Waals surface area contributed by atoms with Crippen molar-refractivity contribution >= 4 is 22.5 Å². The third-order valence-electron chi connectivity index (χ3n) is 6.33. The summed E-state index contributed by atoms with van der Waals surface area (Å²) in [6, 6.07) is 18.9. The van der Waals surface area contributed by atoms with Crippen LogP contribution in [0, 0.1) is 0 Å². The maximum absolute atomic E-state index is 13.6.